The Kier molecular flexibility index (Phi) is 6.78. The second kappa shape index (κ2) is 9.33. The van der Waals surface area contributed by atoms with Crippen molar-refractivity contribution in [2.75, 3.05) is 11.4 Å². The van der Waals surface area contributed by atoms with Crippen LogP contribution in [0.5, 0.6) is 0 Å². The molecule has 0 aromatic heterocycles. The van der Waals surface area contributed by atoms with E-state index in [-0.39, 0.29) is 23.9 Å². The number of hydrogen-bond acceptors (Lipinski definition) is 3. The van der Waals surface area contributed by atoms with Crippen LogP contribution >= 0.6 is 0 Å². The quantitative estimate of drug-likeness (QED) is 0.668. The highest BCUT2D eigenvalue weighted by atomic mass is 19.1. The molecule has 0 aliphatic carbocycles. The van der Waals surface area contributed by atoms with Gasteiger partial charge in [-0.3, -0.25) is 9.69 Å². The van der Waals surface area contributed by atoms with E-state index in [1.54, 1.807) is 23.1 Å². The highest BCUT2D eigenvalue weighted by Gasteiger charge is 2.28. The van der Waals surface area contributed by atoms with E-state index in [0.29, 0.717) is 12.1 Å². The molecular formula is C25H29FN2O3. The van der Waals surface area contributed by atoms with E-state index >= 15 is 0 Å². The number of carbonyl (C=O) groups excluding carboxylic acids is 2. The number of amides is 2. The van der Waals surface area contributed by atoms with Crippen LogP contribution in [0.25, 0.3) is 6.08 Å². The van der Waals surface area contributed by atoms with Crippen LogP contribution in [-0.4, -0.2) is 24.1 Å². The summed E-state index contributed by atoms with van der Waals surface area (Å²) in [6.07, 6.45) is 4.17. The van der Waals surface area contributed by atoms with Crippen molar-refractivity contribution in [1.82, 2.24) is 5.32 Å². The van der Waals surface area contributed by atoms with Crippen molar-refractivity contribution in [1.29, 1.82) is 0 Å². The Morgan fingerprint density at radius 1 is 1.19 bits per heavy atom. The van der Waals surface area contributed by atoms with Gasteiger partial charge in [0.05, 0.1) is 11.7 Å². The fourth-order valence-electron chi connectivity index (χ4n) is 3.49. The van der Waals surface area contributed by atoms with Crippen LogP contribution in [0.4, 0.5) is 14.9 Å². The lowest BCUT2D eigenvalue weighted by molar-refractivity contribution is -0.117. The van der Waals surface area contributed by atoms with E-state index < -0.39 is 5.60 Å². The summed E-state index contributed by atoms with van der Waals surface area (Å²) < 4.78 is 19.3. The van der Waals surface area contributed by atoms with Gasteiger partial charge in [0.1, 0.15) is 11.4 Å². The average Bonchev–Trinajstić information content (AvgIpc) is 2.71. The number of halogens is 1. The molecule has 0 saturated carbocycles. The summed E-state index contributed by atoms with van der Waals surface area (Å²) in [4.78, 5) is 26.7. The van der Waals surface area contributed by atoms with Gasteiger partial charge in [0.25, 0.3) is 0 Å². The van der Waals surface area contributed by atoms with Gasteiger partial charge in [0, 0.05) is 18.2 Å². The summed E-state index contributed by atoms with van der Waals surface area (Å²) in [7, 11) is 0. The van der Waals surface area contributed by atoms with Crippen LogP contribution < -0.4 is 10.2 Å². The Labute approximate surface area is 182 Å². The monoisotopic (exact) mass is 424 g/mol. The molecule has 164 valence electrons. The molecule has 0 radical (unpaired) electrons. The molecule has 1 atom stereocenters. The van der Waals surface area contributed by atoms with Gasteiger partial charge in [0.15, 0.2) is 0 Å². The van der Waals surface area contributed by atoms with Crippen molar-refractivity contribution in [3.05, 3.63) is 71.0 Å². The Balaban J connectivity index is 1.73. The third kappa shape index (κ3) is 5.94. The summed E-state index contributed by atoms with van der Waals surface area (Å²) in [6.45, 7) is 8.00. The smallest absolute Gasteiger partial charge is 0.414 e. The van der Waals surface area contributed by atoms with Crippen LogP contribution in [0.3, 0.4) is 0 Å². The minimum Gasteiger partial charge on any atom is -0.443 e. The normalized spacial score (nSPS) is 14.8. The van der Waals surface area contributed by atoms with Crippen LogP contribution in [0.1, 0.15) is 56.8 Å². The van der Waals surface area contributed by atoms with E-state index in [4.69, 9.17) is 4.74 Å². The molecule has 31 heavy (non-hydrogen) atoms. The van der Waals surface area contributed by atoms with Gasteiger partial charge in [-0.15, -0.1) is 0 Å². The van der Waals surface area contributed by atoms with Crippen molar-refractivity contribution in [3.8, 4) is 0 Å². The van der Waals surface area contributed by atoms with Gasteiger partial charge < -0.3 is 10.1 Å². The fourth-order valence-corrected chi connectivity index (χ4v) is 3.49. The Morgan fingerprint density at radius 3 is 2.65 bits per heavy atom. The Bertz CT molecular complexity index is 995. The average molecular weight is 425 g/mol. The van der Waals surface area contributed by atoms with Crippen LogP contribution in [0.2, 0.25) is 0 Å². The standard InChI is InChI=1S/C25H29FN2O3/c1-17(27-23(29)14-13-18-8-5-6-10-21(18)26)20-12-11-19-9-7-15-28(22(19)16-20)24(30)31-25(2,3)4/h5-6,8,10-14,16-17H,7,9,15H2,1-4H3,(H,27,29)/b14-13+. The summed E-state index contributed by atoms with van der Waals surface area (Å²) >= 11 is 0. The largest absolute Gasteiger partial charge is 0.443 e. The molecule has 2 aromatic carbocycles. The molecule has 0 fully saturated rings. The number of carbonyl (C=O) groups is 2. The second-order valence-corrected chi connectivity index (χ2v) is 8.71. The van der Waals surface area contributed by atoms with Gasteiger partial charge in [-0.2, -0.15) is 0 Å². The molecule has 2 amide bonds. The first kappa shape index (κ1) is 22.5. The maximum atomic E-state index is 13.7. The number of nitrogens with zero attached hydrogens (tertiary/aromatic N) is 1. The van der Waals surface area contributed by atoms with Gasteiger partial charge in [-0.1, -0.05) is 30.3 Å². The molecule has 1 aliphatic heterocycles. The molecule has 1 heterocycles. The maximum absolute atomic E-state index is 13.7. The van der Waals surface area contributed by atoms with Gasteiger partial charge >= 0.3 is 6.09 Å². The molecule has 0 saturated heterocycles. The molecular weight excluding hydrogens is 395 g/mol. The number of ether oxygens (including phenoxy) is 1. The van der Waals surface area contributed by atoms with Crippen molar-refractivity contribution in [2.24, 2.45) is 0 Å². The molecule has 3 rings (SSSR count). The van der Waals surface area contributed by atoms with E-state index in [0.717, 1.165) is 29.7 Å². The zero-order chi connectivity index (χ0) is 22.6. The second-order valence-electron chi connectivity index (χ2n) is 8.71. The Hall–Kier alpha value is -3.15. The third-order valence-corrected chi connectivity index (χ3v) is 5.02. The number of anilines is 1. The highest BCUT2D eigenvalue weighted by Crippen LogP contribution is 2.31. The van der Waals surface area contributed by atoms with E-state index in [1.807, 2.05) is 45.9 Å². The first-order chi connectivity index (χ1) is 14.6. The minimum atomic E-state index is -0.571. The lowest BCUT2D eigenvalue weighted by Crippen LogP contribution is -2.40. The van der Waals surface area contributed by atoms with Crippen molar-refractivity contribution in [3.63, 3.8) is 0 Å². The number of aryl methyl sites for hydroxylation is 1. The number of rotatable bonds is 4. The predicted molar refractivity (Wildman–Crippen MR) is 120 cm³/mol. The lowest BCUT2D eigenvalue weighted by atomic mass is 9.97. The SMILES string of the molecule is CC(NC(=O)/C=C/c1ccccc1F)c1ccc2c(c1)N(C(=O)OC(C)(C)C)CCC2. The van der Waals surface area contributed by atoms with Crippen molar-refractivity contribution >= 4 is 23.8 Å². The number of hydrogen-bond donors (Lipinski definition) is 1. The number of nitrogens with one attached hydrogen (secondary N) is 1. The highest BCUT2D eigenvalue weighted by molar-refractivity contribution is 5.92. The summed E-state index contributed by atoms with van der Waals surface area (Å²) in [5.74, 6) is -0.700. The topological polar surface area (TPSA) is 58.6 Å². The van der Waals surface area contributed by atoms with Crippen LogP contribution in [-0.2, 0) is 16.0 Å². The molecule has 1 N–H and O–H groups in total. The maximum Gasteiger partial charge on any atom is 0.414 e. The van der Waals surface area contributed by atoms with Crippen LogP contribution in [0.15, 0.2) is 48.5 Å². The van der Waals surface area contributed by atoms with E-state index in [2.05, 4.69) is 5.32 Å². The molecule has 6 heteroatoms. The summed E-state index contributed by atoms with van der Waals surface area (Å²) in [5.41, 5.74) is 2.56. The molecule has 2 aromatic rings. The zero-order valence-corrected chi connectivity index (χ0v) is 18.4. The molecule has 0 bridgehead atoms. The minimum absolute atomic E-state index is 0.287. The lowest BCUT2D eigenvalue weighted by Gasteiger charge is -2.32. The first-order valence-corrected chi connectivity index (χ1v) is 10.5. The number of benzene rings is 2. The molecule has 5 nitrogen and oxygen atoms in total. The van der Waals surface area contributed by atoms with Gasteiger partial charge in [0.2, 0.25) is 5.91 Å². The van der Waals surface area contributed by atoms with Gasteiger partial charge in [-0.05, 0) is 69.9 Å². The zero-order valence-electron chi connectivity index (χ0n) is 18.4. The summed E-state index contributed by atoms with van der Waals surface area (Å²) in [5, 5.41) is 2.89. The van der Waals surface area contributed by atoms with Gasteiger partial charge in [-0.25, -0.2) is 9.18 Å². The summed E-state index contributed by atoms with van der Waals surface area (Å²) in [6, 6.07) is 11.9. The van der Waals surface area contributed by atoms with Crippen molar-refractivity contribution < 1.29 is 18.7 Å². The number of fused-ring (bicyclic) bond motifs is 1. The predicted octanol–water partition coefficient (Wildman–Crippen LogP) is 5.40. The van der Waals surface area contributed by atoms with Crippen LogP contribution in [0, 0.1) is 5.82 Å². The fraction of sp³-hybridized carbons (Fsp3) is 0.360. The third-order valence-electron chi connectivity index (χ3n) is 5.02. The first-order valence-electron chi connectivity index (χ1n) is 10.5. The van der Waals surface area contributed by atoms with E-state index in [9.17, 15) is 14.0 Å². The van der Waals surface area contributed by atoms with E-state index in [1.165, 1.54) is 18.2 Å². The van der Waals surface area contributed by atoms with Crippen molar-refractivity contribution in [2.45, 2.75) is 52.2 Å². The Morgan fingerprint density at radius 2 is 1.94 bits per heavy atom. The molecule has 1 aliphatic rings. The molecule has 1 unspecified atom stereocenters. The molecule has 0 spiro atoms.